The largest absolute Gasteiger partial charge is 0.364 e. The molecule has 0 spiro atoms. The van der Waals surface area contributed by atoms with Crippen molar-refractivity contribution in [2.45, 2.75) is 38.6 Å². The number of hydrogen-bond acceptors (Lipinski definition) is 6. The van der Waals surface area contributed by atoms with Gasteiger partial charge in [-0.15, -0.1) is 0 Å². The molecule has 2 aromatic heterocycles. The zero-order chi connectivity index (χ0) is 20.4. The van der Waals surface area contributed by atoms with Gasteiger partial charge in [0.15, 0.2) is 5.69 Å². The van der Waals surface area contributed by atoms with Crippen molar-refractivity contribution in [3.05, 3.63) is 28.4 Å². The number of aromatic nitrogens is 3. The van der Waals surface area contributed by atoms with Crippen LogP contribution in [0.1, 0.15) is 58.4 Å². The number of rotatable bonds is 5. The van der Waals surface area contributed by atoms with Crippen LogP contribution in [0.5, 0.6) is 0 Å². The maximum absolute atomic E-state index is 12.5. The summed E-state index contributed by atoms with van der Waals surface area (Å²) in [6.45, 7) is 1.79. The van der Waals surface area contributed by atoms with Gasteiger partial charge < -0.3 is 20.9 Å². The normalized spacial score (nSPS) is 19.2. The molecule has 2 heterocycles. The number of aryl methyl sites for hydroxylation is 1. The molecule has 0 radical (unpaired) electrons. The SMILES string of the molecule is CNC(=O)c1ncn(C2CCC(C(=O)Nc3snc(C)c3Cl)CC2)c1C(N)=O. The van der Waals surface area contributed by atoms with Gasteiger partial charge in [-0.05, 0) is 44.1 Å². The summed E-state index contributed by atoms with van der Waals surface area (Å²) in [7, 11) is 1.47. The lowest BCUT2D eigenvalue weighted by Crippen LogP contribution is -2.30. The second kappa shape index (κ2) is 8.27. The monoisotopic (exact) mass is 424 g/mol. The van der Waals surface area contributed by atoms with Gasteiger partial charge >= 0.3 is 0 Å². The van der Waals surface area contributed by atoms with Gasteiger partial charge in [0.05, 0.1) is 17.0 Å². The Morgan fingerprint density at radius 3 is 2.50 bits per heavy atom. The summed E-state index contributed by atoms with van der Waals surface area (Å²) < 4.78 is 5.78. The first-order chi connectivity index (χ1) is 13.3. The third-order valence-electron chi connectivity index (χ3n) is 4.96. The lowest BCUT2D eigenvalue weighted by atomic mass is 9.85. The first-order valence-corrected chi connectivity index (χ1v) is 10.00. The van der Waals surface area contributed by atoms with Crippen molar-refractivity contribution >= 4 is 45.9 Å². The molecule has 11 heteroatoms. The van der Waals surface area contributed by atoms with Crippen molar-refractivity contribution in [3.8, 4) is 0 Å². The number of anilines is 1. The van der Waals surface area contributed by atoms with E-state index in [4.69, 9.17) is 17.3 Å². The van der Waals surface area contributed by atoms with Gasteiger partial charge in [-0.1, -0.05) is 11.6 Å². The number of carbonyl (C=O) groups excluding carboxylic acids is 3. The summed E-state index contributed by atoms with van der Waals surface area (Å²) in [6, 6.07) is -0.0494. The molecule has 0 atom stereocenters. The van der Waals surface area contributed by atoms with Crippen LogP contribution in [0.4, 0.5) is 5.00 Å². The summed E-state index contributed by atoms with van der Waals surface area (Å²) in [5.74, 6) is -1.41. The minimum atomic E-state index is -0.703. The highest BCUT2D eigenvalue weighted by Gasteiger charge is 2.31. The average Bonchev–Trinajstić information content (AvgIpc) is 3.27. The molecule has 1 aliphatic rings. The van der Waals surface area contributed by atoms with Crippen molar-refractivity contribution in [2.24, 2.45) is 11.7 Å². The number of nitrogens with two attached hydrogens (primary N) is 1. The summed E-state index contributed by atoms with van der Waals surface area (Å²) in [5.41, 5.74) is 6.28. The van der Waals surface area contributed by atoms with E-state index in [1.54, 1.807) is 11.5 Å². The second-order valence-electron chi connectivity index (χ2n) is 6.70. The van der Waals surface area contributed by atoms with Crippen LogP contribution >= 0.6 is 23.1 Å². The number of carbonyl (C=O) groups is 3. The van der Waals surface area contributed by atoms with E-state index in [0.29, 0.717) is 41.4 Å². The lowest BCUT2D eigenvalue weighted by Gasteiger charge is -2.29. The van der Waals surface area contributed by atoms with E-state index in [-0.39, 0.29) is 29.3 Å². The van der Waals surface area contributed by atoms with E-state index in [1.165, 1.54) is 13.4 Å². The molecule has 1 aliphatic carbocycles. The van der Waals surface area contributed by atoms with Gasteiger partial charge in [-0.2, -0.15) is 4.37 Å². The quantitative estimate of drug-likeness (QED) is 0.676. The smallest absolute Gasteiger partial charge is 0.272 e. The van der Waals surface area contributed by atoms with Crippen LogP contribution in [0.15, 0.2) is 6.33 Å². The summed E-state index contributed by atoms with van der Waals surface area (Å²) in [4.78, 5) is 40.4. The molecule has 1 saturated carbocycles. The van der Waals surface area contributed by atoms with Crippen LogP contribution in [0.3, 0.4) is 0 Å². The van der Waals surface area contributed by atoms with Crippen LogP contribution in [0, 0.1) is 12.8 Å². The number of nitrogens with zero attached hydrogens (tertiary/aromatic N) is 3. The number of nitrogens with one attached hydrogen (secondary N) is 2. The first kappa shape index (κ1) is 20.3. The summed E-state index contributed by atoms with van der Waals surface area (Å²) >= 11 is 7.29. The van der Waals surface area contributed by atoms with E-state index in [9.17, 15) is 14.4 Å². The number of primary amides is 1. The van der Waals surface area contributed by atoms with Crippen LogP contribution < -0.4 is 16.4 Å². The zero-order valence-electron chi connectivity index (χ0n) is 15.5. The highest BCUT2D eigenvalue weighted by molar-refractivity contribution is 7.11. The highest BCUT2D eigenvalue weighted by atomic mass is 35.5. The molecule has 9 nitrogen and oxygen atoms in total. The molecule has 2 aromatic rings. The molecular formula is C17H21ClN6O3S. The number of hydrogen-bond donors (Lipinski definition) is 3. The van der Waals surface area contributed by atoms with E-state index in [1.807, 2.05) is 0 Å². The molecule has 3 amide bonds. The van der Waals surface area contributed by atoms with Crippen molar-refractivity contribution in [2.75, 3.05) is 12.4 Å². The molecular weight excluding hydrogens is 404 g/mol. The van der Waals surface area contributed by atoms with E-state index in [0.717, 1.165) is 11.5 Å². The average molecular weight is 425 g/mol. The van der Waals surface area contributed by atoms with Gasteiger partial charge in [0.2, 0.25) is 5.91 Å². The first-order valence-electron chi connectivity index (χ1n) is 8.84. The molecule has 28 heavy (non-hydrogen) atoms. The molecule has 0 saturated heterocycles. The maximum Gasteiger partial charge on any atom is 0.272 e. The van der Waals surface area contributed by atoms with Gasteiger partial charge in [-0.3, -0.25) is 14.4 Å². The molecule has 0 aliphatic heterocycles. The molecule has 0 unspecified atom stereocenters. The van der Waals surface area contributed by atoms with E-state index < -0.39 is 11.8 Å². The van der Waals surface area contributed by atoms with Crippen LogP contribution in [-0.2, 0) is 4.79 Å². The van der Waals surface area contributed by atoms with Crippen LogP contribution in [0.2, 0.25) is 5.02 Å². The van der Waals surface area contributed by atoms with Gasteiger partial charge in [0, 0.05) is 19.0 Å². The standard InChI is InChI=1S/C17H21ClN6O3S/c1-8-11(18)17(28-23-8)22-15(26)9-3-5-10(6-4-9)24-7-21-12(16(27)20-2)13(24)14(19)25/h7,9-10H,3-6H2,1-2H3,(H2,19,25)(H,20,27)(H,22,26). The Balaban J connectivity index is 1.68. The zero-order valence-corrected chi connectivity index (χ0v) is 17.1. The summed E-state index contributed by atoms with van der Waals surface area (Å²) in [6.07, 6.45) is 4.07. The van der Waals surface area contributed by atoms with Crippen molar-refractivity contribution in [1.29, 1.82) is 0 Å². The maximum atomic E-state index is 12.5. The highest BCUT2D eigenvalue weighted by Crippen LogP contribution is 2.35. The number of imidazole rings is 1. The minimum Gasteiger partial charge on any atom is -0.364 e. The van der Waals surface area contributed by atoms with Crippen LogP contribution in [-0.4, -0.2) is 38.7 Å². The molecule has 4 N–H and O–H groups in total. The van der Waals surface area contributed by atoms with E-state index >= 15 is 0 Å². The van der Waals surface area contributed by atoms with Gasteiger partial charge in [-0.25, -0.2) is 4.98 Å². The molecule has 1 fully saturated rings. The molecule has 0 aromatic carbocycles. The van der Waals surface area contributed by atoms with Gasteiger partial charge in [0.1, 0.15) is 10.7 Å². The van der Waals surface area contributed by atoms with Crippen molar-refractivity contribution in [1.82, 2.24) is 19.2 Å². The van der Waals surface area contributed by atoms with Crippen molar-refractivity contribution in [3.63, 3.8) is 0 Å². The Hall–Kier alpha value is -2.46. The third-order valence-corrected chi connectivity index (χ3v) is 6.39. The van der Waals surface area contributed by atoms with Crippen LogP contribution in [0.25, 0.3) is 0 Å². The fourth-order valence-corrected chi connectivity index (χ4v) is 4.37. The Labute approximate surface area is 170 Å². The van der Waals surface area contributed by atoms with Crippen molar-refractivity contribution < 1.29 is 14.4 Å². The molecule has 3 rings (SSSR count). The second-order valence-corrected chi connectivity index (χ2v) is 7.85. The fraction of sp³-hybridized carbons (Fsp3) is 0.471. The van der Waals surface area contributed by atoms with E-state index in [2.05, 4.69) is 20.0 Å². The number of amides is 3. The third kappa shape index (κ3) is 3.88. The topological polar surface area (TPSA) is 132 Å². The predicted molar refractivity (Wildman–Crippen MR) is 106 cm³/mol. The minimum absolute atomic E-state index is 0.0186. The Morgan fingerprint density at radius 2 is 1.96 bits per heavy atom. The molecule has 0 bridgehead atoms. The Kier molecular flexibility index (Phi) is 5.99. The fourth-order valence-electron chi connectivity index (χ4n) is 3.43. The summed E-state index contributed by atoms with van der Waals surface area (Å²) in [5, 5.41) is 6.34. The lowest BCUT2D eigenvalue weighted by molar-refractivity contribution is -0.120. The number of halogens is 1. The van der Waals surface area contributed by atoms with Gasteiger partial charge in [0.25, 0.3) is 11.8 Å². The predicted octanol–water partition coefficient (Wildman–Crippen LogP) is 2.13. The Bertz CT molecular complexity index is 916. The molecule has 150 valence electrons. The Morgan fingerprint density at radius 1 is 1.29 bits per heavy atom.